The summed E-state index contributed by atoms with van der Waals surface area (Å²) in [4.78, 5) is 10.3. The zero-order chi connectivity index (χ0) is 14.3. The summed E-state index contributed by atoms with van der Waals surface area (Å²) in [6.07, 6.45) is 15.6. The Morgan fingerprint density at radius 2 is 1.47 bits per heavy atom. The number of aliphatic hydroxyl groups excluding tert-OH is 1. The van der Waals surface area contributed by atoms with Gasteiger partial charge in [0.1, 0.15) is 0 Å². The van der Waals surface area contributed by atoms with Gasteiger partial charge >= 0.3 is 5.97 Å². The molecule has 0 aliphatic heterocycles. The van der Waals surface area contributed by atoms with Gasteiger partial charge in [0.2, 0.25) is 0 Å². The van der Waals surface area contributed by atoms with Crippen molar-refractivity contribution in [1.29, 1.82) is 0 Å². The first-order valence-corrected chi connectivity index (χ1v) is 7.35. The van der Waals surface area contributed by atoms with Crippen LogP contribution < -0.4 is 0 Å². The van der Waals surface area contributed by atoms with Gasteiger partial charge in [0.05, 0.1) is 0 Å². The van der Waals surface area contributed by atoms with Gasteiger partial charge in [0.15, 0.2) is 6.10 Å². The lowest BCUT2D eigenvalue weighted by Gasteiger charge is -2.01. The van der Waals surface area contributed by atoms with E-state index in [4.69, 9.17) is 10.2 Å². The molecular formula is C16H28O3. The average molecular weight is 268 g/mol. The van der Waals surface area contributed by atoms with Gasteiger partial charge in [0, 0.05) is 6.42 Å². The first-order valence-electron chi connectivity index (χ1n) is 7.35. The van der Waals surface area contributed by atoms with Crippen LogP contribution in [0.4, 0.5) is 0 Å². The number of hydrogen-bond acceptors (Lipinski definition) is 2. The van der Waals surface area contributed by atoms with E-state index in [2.05, 4.69) is 6.58 Å². The van der Waals surface area contributed by atoms with Crippen molar-refractivity contribution in [2.75, 3.05) is 0 Å². The number of allylic oxidation sites excluding steroid dienone is 2. The van der Waals surface area contributed by atoms with Crippen LogP contribution in [-0.2, 0) is 4.79 Å². The van der Waals surface area contributed by atoms with Gasteiger partial charge in [-0.1, -0.05) is 50.3 Å². The number of hydrogen-bond donors (Lipinski definition) is 2. The van der Waals surface area contributed by atoms with Crippen molar-refractivity contribution in [3.8, 4) is 0 Å². The lowest BCUT2D eigenvalue weighted by atomic mass is 10.1. The summed E-state index contributed by atoms with van der Waals surface area (Å²) in [6.45, 7) is 3.71. The second-order valence-corrected chi connectivity index (χ2v) is 4.90. The van der Waals surface area contributed by atoms with Crippen LogP contribution in [0.15, 0.2) is 24.8 Å². The minimum absolute atomic E-state index is 0.207. The first kappa shape index (κ1) is 17.9. The van der Waals surface area contributed by atoms with E-state index >= 15 is 0 Å². The Hall–Kier alpha value is -1.09. The molecular weight excluding hydrogens is 240 g/mol. The standard InChI is InChI=1S/C16H28O3/c1-2-3-4-5-6-7-8-9-10-11-12-13-14-15(17)16(18)19/h2,12-13,15,17H,1,3-11,14H2,(H,18,19). The Morgan fingerprint density at radius 1 is 0.947 bits per heavy atom. The molecule has 0 saturated carbocycles. The van der Waals surface area contributed by atoms with Crippen molar-refractivity contribution in [1.82, 2.24) is 0 Å². The predicted octanol–water partition coefficient (Wildman–Crippen LogP) is 4.08. The van der Waals surface area contributed by atoms with Gasteiger partial charge in [-0.15, -0.1) is 6.58 Å². The molecule has 3 nitrogen and oxygen atoms in total. The molecule has 2 N–H and O–H groups in total. The zero-order valence-corrected chi connectivity index (χ0v) is 11.9. The summed E-state index contributed by atoms with van der Waals surface area (Å²) in [7, 11) is 0. The lowest BCUT2D eigenvalue weighted by molar-refractivity contribution is -0.146. The Morgan fingerprint density at radius 3 is 2.00 bits per heavy atom. The number of carboxylic acid groups (broad SMARTS) is 1. The lowest BCUT2D eigenvalue weighted by Crippen LogP contribution is -2.17. The third kappa shape index (κ3) is 13.1. The molecule has 0 aromatic carbocycles. The highest BCUT2D eigenvalue weighted by molar-refractivity contribution is 5.72. The van der Waals surface area contributed by atoms with Crippen LogP contribution in [0.5, 0.6) is 0 Å². The summed E-state index contributed by atoms with van der Waals surface area (Å²) < 4.78 is 0. The SMILES string of the molecule is C=CCCCCCCCCCC=CCC(O)C(=O)O. The molecule has 0 bridgehead atoms. The average Bonchev–Trinajstić information content (AvgIpc) is 2.39. The van der Waals surface area contributed by atoms with Crippen molar-refractivity contribution in [3.63, 3.8) is 0 Å². The predicted molar refractivity (Wildman–Crippen MR) is 79.1 cm³/mol. The fourth-order valence-electron chi connectivity index (χ4n) is 1.88. The molecule has 0 radical (unpaired) electrons. The molecule has 19 heavy (non-hydrogen) atoms. The van der Waals surface area contributed by atoms with E-state index in [0.717, 1.165) is 19.3 Å². The van der Waals surface area contributed by atoms with E-state index in [0.29, 0.717) is 0 Å². The molecule has 3 heteroatoms. The van der Waals surface area contributed by atoms with Gasteiger partial charge in [-0.25, -0.2) is 4.79 Å². The second kappa shape index (κ2) is 13.3. The minimum atomic E-state index is -1.26. The van der Waals surface area contributed by atoms with E-state index in [1.165, 1.54) is 38.5 Å². The van der Waals surface area contributed by atoms with Gasteiger partial charge in [-0.3, -0.25) is 0 Å². The van der Waals surface area contributed by atoms with Crippen LogP contribution >= 0.6 is 0 Å². The fraction of sp³-hybridized carbons (Fsp3) is 0.688. The fourth-order valence-corrected chi connectivity index (χ4v) is 1.88. The maximum absolute atomic E-state index is 10.3. The molecule has 0 aromatic heterocycles. The van der Waals surface area contributed by atoms with Crippen LogP contribution in [-0.4, -0.2) is 22.3 Å². The zero-order valence-electron chi connectivity index (χ0n) is 11.9. The quantitative estimate of drug-likeness (QED) is 0.391. The van der Waals surface area contributed by atoms with E-state index in [9.17, 15) is 4.79 Å². The van der Waals surface area contributed by atoms with Crippen LogP contribution in [0.25, 0.3) is 0 Å². The third-order valence-electron chi connectivity index (χ3n) is 3.09. The van der Waals surface area contributed by atoms with Crippen molar-refractivity contribution in [2.24, 2.45) is 0 Å². The van der Waals surface area contributed by atoms with Crippen molar-refractivity contribution < 1.29 is 15.0 Å². The Labute approximate surface area is 117 Å². The largest absolute Gasteiger partial charge is 0.479 e. The van der Waals surface area contributed by atoms with E-state index in [1.54, 1.807) is 6.08 Å². The van der Waals surface area contributed by atoms with E-state index in [-0.39, 0.29) is 6.42 Å². The van der Waals surface area contributed by atoms with Gasteiger partial charge < -0.3 is 10.2 Å². The highest BCUT2D eigenvalue weighted by Crippen LogP contribution is 2.10. The van der Waals surface area contributed by atoms with Crippen molar-refractivity contribution in [2.45, 2.75) is 70.3 Å². The maximum Gasteiger partial charge on any atom is 0.332 e. The monoisotopic (exact) mass is 268 g/mol. The van der Waals surface area contributed by atoms with Gasteiger partial charge in [-0.05, 0) is 25.7 Å². The van der Waals surface area contributed by atoms with E-state index < -0.39 is 12.1 Å². The number of aliphatic hydroxyl groups is 1. The minimum Gasteiger partial charge on any atom is -0.479 e. The molecule has 0 aliphatic rings. The maximum atomic E-state index is 10.3. The first-order chi connectivity index (χ1) is 9.18. The molecule has 0 heterocycles. The summed E-state index contributed by atoms with van der Waals surface area (Å²) in [5.74, 6) is -1.15. The van der Waals surface area contributed by atoms with Crippen molar-refractivity contribution >= 4 is 5.97 Å². The highest BCUT2D eigenvalue weighted by atomic mass is 16.4. The summed E-state index contributed by atoms with van der Waals surface area (Å²) in [5.41, 5.74) is 0. The molecule has 0 aromatic rings. The molecule has 1 unspecified atom stereocenters. The van der Waals surface area contributed by atoms with Crippen molar-refractivity contribution in [3.05, 3.63) is 24.8 Å². The number of carbonyl (C=O) groups is 1. The molecule has 0 aliphatic carbocycles. The Kier molecular flexibility index (Phi) is 12.6. The number of unbranched alkanes of at least 4 members (excludes halogenated alkanes) is 8. The summed E-state index contributed by atoms with van der Waals surface area (Å²) >= 11 is 0. The molecule has 0 saturated heterocycles. The summed E-state index contributed by atoms with van der Waals surface area (Å²) in [6, 6.07) is 0. The Bertz CT molecular complexity index is 259. The molecule has 0 spiro atoms. The van der Waals surface area contributed by atoms with Gasteiger partial charge in [-0.2, -0.15) is 0 Å². The van der Waals surface area contributed by atoms with Gasteiger partial charge in [0.25, 0.3) is 0 Å². The normalized spacial score (nSPS) is 12.7. The number of carboxylic acids is 1. The van der Waals surface area contributed by atoms with Crippen LogP contribution in [0.1, 0.15) is 64.2 Å². The number of rotatable bonds is 13. The van der Waals surface area contributed by atoms with E-state index in [1.807, 2.05) is 12.2 Å². The molecule has 0 amide bonds. The molecule has 110 valence electrons. The van der Waals surface area contributed by atoms with Crippen LogP contribution in [0.2, 0.25) is 0 Å². The molecule has 1 atom stereocenters. The highest BCUT2D eigenvalue weighted by Gasteiger charge is 2.09. The topological polar surface area (TPSA) is 57.5 Å². The third-order valence-corrected chi connectivity index (χ3v) is 3.09. The summed E-state index contributed by atoms with van der Waals surface area (Å²) in [5, 5.41) is 17.5. The van der Waals surface area contributed by atoms with Crippen LogP contribution in [0, 0.1) is 0 Å². The smallest absolute Gasteiger partial charge is 0.332 e. The second-order valence-electron chi connectivity index (χ2n) is 4.90. The molecule has 0 rings (SSSR count). The Balaban J connectivity index is 3.20. The number of aliphatic carboxylic acids is 1. The molecule has 0 fully saturated rings. The van der Waals surface area contributed by atoms with Crippen LogP contribution in [0.3, 0.4) is 0 Å².